The third kappa shape index (κ3) is 2.91. The maximum atomic E-state index is 12.4. The summed E-state index contributed by atoms with van der Waals surface area (Å²) in [5, 5.41) is 0. The quantitative estimate of drug-likeness (QED) is 0.601. The molecule has 1 aromatic carbocycles. The Hall–Kier alpha value is -1.52. The summed E-state index contributed by atoms with van der Waals surface area (Å²) < 4.78 is 8.54. The van der Waals surface area contributed by atoms with Crippen molar-refractivity contribution in [1.29, 1.82) is 0 Å². The van der Waals surface area contributed by atoms with Crippen molar-refractivity contribution in [3.8, 4) is 0 Å². The van der Waals surface area contributed by atoms with Crippen molar-refractivity contribution in [2.24, 2.45) is 0 Å². The number of allylic oxidation sites excluding steroid dienone is 2. The fourth-order valence-electron chi connectivity index (χ4n) is 2.09. The lowest BCUT2D eigenvalue weighted by Gasteiger charge is -2.01. The Morgan fingerprint density at radius 1 is 1.21 bits per heavy atom. The summed E-state index contributed by atoms with van der Waals surface area (Å²) in [4.78, 5) is 12.4. The summed E-state index contributed by atoms with van der Waals surface area (Å²) in [6.45, 7) is 1.61. The average Bonchev–Trinajstić information content (AvgIpc) is 2.70. The Labute approximate surface area is 116 Å². The first kappa shape index (κ1) is 13.9. The monoisotopic (exact) mass is 280 g/mol. The average molecular weight is 281 g/mol. The lowest BCUT2D eigenvalue weighted by atomic mass is 10.3. The van der Waals surface area contributed by atoms with Crippen molar-refractivity contribution in [2.45, 2.75) is 13.1 Å². The Balaban J connectivity index is 2.47. The van der Waals surface area contributed by atoms with Crippen LogP contribution in [0.3, 0.4) is 0 Å². The normalized spacial score (nSPS) is 11.7. The number of rotatable bonds is 6. The minimum absolute atomic E-state index is 0.0162. The maximum absolute atomic E-state index is 12.4. The van der Waals surface area contributed by atoms with Crippen LogP contribution < -0.4 is 5.69 Å². The van der Waals surface area contributed by atoms with Crippen LogP contribution in [-0.4, -0.2) is 28.7 Å². The number of benzene rings is 1. The molecule has 0 aliphatic heterocycles. The number of hydrogen-bond acceptors (Lipinski definition) is 2. The number of halogens is 1. The second-order valence-electron chi connectivity index (χ2n) is 4.15. The van der Waals surface area contributed by atoms with Gasteiger partial charge in [-0.25, -0.2) is 4.79 Å². The third-order valence-electron chi connectivity index (χ3n) is 2.99. The van der Waals surface area contributed by atoms with E-state index in [4.69, 9.17) is 16.3 Å². The molecule has 0 bridgehead atoms. The molecule has 2 aromatic rings. The third-order valence-corrected chi connectivity index (χ3v) is 3.17. The van der Waals surface area contributed by atoms with E-state index in [1.165, 1.54) is 0 Å². The van der Waals surface area contributed by atoms with Gasteiger partial charge in [-0.1, -0.05) is 24.3 Å². The lowest BCUT2D eigenvalue weighted by Crippen LogP contribution is -2.25. The molecule has 19 heavy (non-hydrogen) atoms. The van der Waals surface area contributed by atoms with Gasteiger partial charge in [0.25, 0.3) is 0 Å². The number of nitrogens with zero attached hydrogens (tertiary/aromatic N) is 2. The molecule has 0 unspecified atom stereocenters. The minimum atomic E-state index is -0.0162. The van der Waals surface area contributed by atoms with E-state index in [1.54, 1.807) is 16.2 Å². The predicted octanol–water partition coefficient (Wildman–Crippen LogP) is 2.24. The predicted molar refractivity (Wildman–Crippen MR) is 77.9 cm³/mol. The van der Waals surface area contributed by atoms with E-state index < -0.39 is 0 Å². The van der Waals surface area contributed by atoms with E-state index in [-0.39, 0.29) is 5.69 Å². The molecule has 102 valence electrons. The summed E-state index contributed by atoms with van der Waals surface area (Å²) in [5.41, 5.74) is 1.85. The zero-order valence-electron chi connectivity index (χ0n) is 10.9. The summed E-state index contributed by atoms with van der Waals surface area (Å²) in [7, 11) is 1.63. The fourth-order valence-corrected chi connectivity index (χ4v) is 2.22. The highest BCUT2D eigenvalue weighted by Crippen LogP contribution is 2.12. The molecule has 0 N–H and O–H groups in total. The first-order valence-corrected chi connectivity index (χ1v) is 6.71. The number of alkyl halides is 1. The van der Waals surface area contributed by atoms with Gasteiger partial charge in [0.2, 0.25) is 0 Å². The van der Waals surface area contributed by atoms with Crippen LogP contribution in [0.4, 0.5) is 0 Å². The first-order valence-electron chi connectivity index (χ1n) is 6.17. The molecule has 1 aromatic heterocycles. The van der Waals surface area contributed by atoms with E-state index in [0.29, 0.717) is 25.6 Å². The van der Waals surface area contributed by atoms with Gasteiger partial charge in [-0.05, 0) is 12.1 Å². The largest absolute Gasteiger partial charge is 0.383 e. The summed E-state index contributed by atoms with van der Waals surface area (Å²) >= 11 is 5.60. The molecule has 0 atom stereocenters. The van der Waals surface area contributed by atoms with Crippen molar-refractivity contribution < 1.29 is 4.74 Å². The van der Waals surface area contributed by atoms with E-state index in [9.17, 15) is 4.79 Å². The van der Waals surface area contributed by atoms with Crippen LogP contribution in [0.15, 0.2) is 41.2 Å². The molecule has 1 heterocycles. The van der Waals surface area contributed by atoms with Crippen molar-refractivity contribution in [2.75, 3.05) is 19.6 Å². The zero-order chi connectivity index (χ0) is 13.7. The second-order valence-corrected chi connectivity index (χ2v) is 4.46. The molecule has 0 saturated carbocycles. The standard InChI is InChI=1S/C14H17ClN2O2/c1-19-11-10-17-13-7-3-2-6-12(13)16(14(17)18)9-5-4-8-15/h2-7H,8-11H2,1H3/b5-4-. The molecule has 4 nitrogen and oxygen atoms in total. The van der Waals surface area contributed by atoms with Crippen LogP contribution in [0, 0.1) is 0 Å². The summed E-state index contributed by atoms with van der Waals surface area (Å²) in [6.07, 6.45) is 3.75. The topological polar surface area (TPSA) is 36.2 Å². The van der Waals surface area contributed by atoms with E-state index in [2.05, 4.69) is 0 Å². The molecule has 5 heteroatoms. The van der Waals surface area contributed by atoms with Crippen molar-refractivity contribution >= 4 is 22.6 Å². The number of para-hydroxylation sites is 2. The Morgan fingerprint density at radius 3 is 2.53 bits per heavy atom. The summed E-state index contributed by atoms with van der Waals surface area (Å²) in [6, 6.07) is 7.77. The highest BCUT2D eigenvalue weighted by atomic mass is 35.5. The number of hydrogen-bond donors (Lipinski definition) is 0. The number of methoxy groups -OCH3 is 1. The second kappa shape index (κ2) is 6.59. The maximum Gasteiger partial charge on any atom is 0.329 e. The van der Waals surface area contributed by atoms with Gasteiger partial charge in [0, 0.05) is 19.5 Å². The molecule has 0 amide bonds. The van der Waals surface area contributed by atoms with E-state index in [1.807, 2.05) is 36.4 Å². The number of aromatic nitrogens is 2. The Bertz CT molecular complexity index is 628. The molecule has 2 rings (SSSR count). The highest BCUT2D eigenvalue weighted by molar-refractivity contribution is 6.18. The minimum Gasteiger partial charge on any atom is -0.383 e. The van der Waals surface area contributed by atoms with Crippen LogP contribution in [0.2, 0.25) is 0 Å². The molecule has 0 spiro atoms. The zero-order valence-corrected chi connectivity index (χ0v) is 11.6. The van der Waals surface area contributed by atoms with E-state index >= 15 is 0 Å². The lowest BCUT2D eigenvalue weighted by molar-refractivity contribution is 0.187. The van der Waals surface area contributed by atoms with Crippen LogP contribution in [-0.2, 0) is 17.8 Å². The van der Waals surface area contributed by atoms with Gasteiger partial charge in [-0.2, -0.15) is 0 Å². The number of ether oxygens (including phenoxy) is 1. The van der Waals surface area contributed by atoms with Gasteiger partial charge in [-0.15, -0.1) is 11.6 Å². The Kier molecular flexibility index (Phi) is 4.82. The van der Waals surface area contributed by atoms with Gasteiger partial charge < -0.3 is 4.74 Å². The van der Waals surface area contributed by atoms with Gasteiger partial charge in [0.05, 0.1) is 24.2 Å². The number of imidazole rings is 1. The van der Waals surface area contributed by atoms with E-state index in [0.717, 1.165) is 11.0 Å². The molecule has 0 saturated heterocycles. The van der Waals surface area contributed by atoms with Crippen molar-refractivity contribution in [1.82, 2.24) is 9.13 Å². The van der Waals surface area contributed by atoms with Crippen LogP contribution >= 0.6 is 11.6 Å². The SMILES string of the molecule is COCCn1c(=O)n(C/C=C\CCl)c2ccccc21. The molecule has 0 aliphatic carbocycles. The van der Waals surface area contributed by atoms with Gasteiger partial charge in [0.15, 0.2) is 0 Å². The molecular formula is C14H17ClN2O2. The van der Waals surface area contributed by atoms with Gasteiger partial charge >= 0.3 is 5.69 Å². The molecule has 0 aliphatic rings. The van der Waals surface area contributed by atoms with Crippen molar-refractivity contribution in [3.63, 3.8) is 0 Å². The smallest absolute Gasteiger partial charge is 0.329 e. The first-order chi connectivity index (χ1) is 9.29. The number of fused-ring (bicyclic) bond motifs is 1. The highest BCUT2D eigenvalue weighted by Gasteiger charge is 2.10. The van der Waals surface area contributed by atoms with Crippen LogP contribution in [0.25, 0.3) is 11.0 Å². The van der Waals surface area contributed by atoms with Gasteiger partial charge in [-0.3, -0.25) is 9.13 Å². The Morgan fingerprint density at radius 2 is 1.89 bits per heavy atom. The molecule has 0 fully saturated rings. The fraction of sp³-hybridized carbons (Fsp3) is 0.357. The molecular weight excluding hydrogens is 264 g/mol. The van der Waals surface area contributed by atoms with Crippen LogP contribution in [0.5, 0.6) is 0 Å². The van der Waals surface area contributed by atoms with Crippen molar-refractivity contribution in [3.05, 3.63) is 46.9 Å². The summed E-state index contributed by atoms with van der Waals surface area (Å²) in [5.74, 6) is 0.455. The molecule has 0 radical (unpaired) electrons. The van der Waals surface area contributed by atoms with Gasteiger partial charge in [0.1, 0.15) is 0 Å². The van der Waals surface area contributed by atoms with Crippen LogP contribution in [0.1, 0.15) is 0 Å².